The molecule has 0 amide bonds. The second-order valence-electron chi connectivity index (χ2n) is 6.54. The van der Waals surface area contributed by atoms with Gasteiger partial charge in [-0.05, 0) is 28.7 Å². The molecule has 1 aromatic carbocycles. The quantitative estimate of drug-likeness (QED) is 0.862. The van der Waals surface area contributed by atoms with E-state index in [0.29, 0.717) is 0 Å². The van der Waals surface area contributed by atoms with E-state index in [9.17, 15) is 0 Å². The molecule has 0 aliphatic carbocycles. The van der Waals surface area contributed by atoms with E-state index < -0.39 is 9.76 Å². The van der Waals surface area contributed by atoms with Gasteiger partial charge in [-0.15, -0.1) is 0 Å². The molecule has 2 rings (SSSR count). The first-order valence-corrected chi connectivity index (χ1v) is 7.64. The van der Waals surface area contributed by atoms with Gasteiger partial charge in [0.05, 0.1) is 11.7 Å². The largest absolute Gasteiger partial charge is 0.549 e. The summed E-state index contributed by atoms with van der Waals surface area (Å²) in [5, 5.41) is 8.34. The van der Waals surface area contributed by atoms with Gasteiger partial charge in [0.25, 0.3) is 0 Å². The Morgan fingerprint density at radius 1 is 1.17 bits per heavy atom. The van der Waals surface area contributed by atoms with Gasteiger partial charge >= 0.3 is 0 Å². The van der Waals surface area contributed by atoms with Crippen LogP contribution in [-0.2, 0) is 0 Å². The number of aromatic nitrogens is 2. The van der Waals surface area contributed by atoms with Crippen LogP contribution in [0.3, 0.4) is 0 Å². The van der Waals surface area contributed by atoms with Crippen LogP contribution in [0.25, 0.3) is 10.9 Å². The van der Waals surface area contributed by atoms with E-state index >= 15 is 0 Å². The second kappa shape index (κ2) is 4.43. The third-order valence-corrected chi connectivity index (χ3v) is 6.30. The van der Waals surface area contributed by atoms with E-state index in [1.54, 1.807) is 0 Å². The van der Waals surface area contributed by atoms with Crippen molar-refractivity contribution in [1.29, 1.82) is 0 Å². The monoisotopic (exact) mass is 262 g/mol. The Hall–Kier alpha value is -1.29. The lowest BCUT2D eigenvalue weighted by Crippen LogP contribution is -2.31. The molecule has 0 fully saturated rings. The lowest BCUT2D eigenvalue weighted by molar-refractivity contribution is 0.282. The highest BCUT2D eigenvalue weighted by molar-refractivity contribution is 6.33. The summed E-state index contributed by atoms with van der Waals surface area (Å²) in [4.78, 5) is 0. The molecule has 1 N–H and O–H groups in total. The van der Waals surface area contributed by atoms with Gasteiger partial charge in [0.2, 0.25) is 9.76 Å². The zero-order valence-corrected chi connectivity index (χ0v) is 13.3. The van der Waals surface area contributed by atoms with E-state index in [1.807, 2.05) is 18.3 Å². The molecule has 3 nitrogen and oxygen atoms in total. The van der Waals surface area contributed by atoms with E-state index in [-0.39, 0.29) is 10.5 Å². The van der Waals surface area contributed by atoms with Crippen LogP contribution in [0.1, 0.15) is 34.6 Å². The van der Waals surface area contributed by atoms with Crippen molar-refractivity contribution in [2.75, 3.05) is 0 Å². The minimum Gasteiger partial charge on any atom is -0.549 e. The topological polar surface area (TPSA) is 37.9 Å². The first-order valence-electron chi connectivity index (χ1n) is 6.35. The normalized spacial score (nSPS) is 13.6. The van der Waals surface area contributed by atoms with Gasteiger partial charge in [-0.1, -0.05) is 34.6 Å². The molecule has 1 aromatic heterocycles. The van der Waals surface area contributed by atoms with Gasteiger partial charge in [-0.3, -0.25) is 5.10 Å². The van der Waals surface area contributed by atoms with Crippen molar-refractivity contribution in [1.82, 2.24) is 10.2 Å². The Morgan fingerprint density at radius 3 is 2.56 bits per heavy atom. The first kappa shape index (κ1) is 13.1. The van der Waals surface area contributed by atoms with Gasteiger partial charge in [-0.25, -0.2) is 0 Å². The fraction of sp³-hybridized carbons (Fsp3) is 0.500. The minimum atomic E-state index is -0.644. The standard InChI is InChI=1S/C14H22N2OSi/c1-13(2,3)14(4,5)18-17-11-6-7-12-10(8-11)9-15-16-12/h6-9H,18H2,1-5H3,(H,15,16). The van der Waals surface area contributed by atoms with Crippen LogP contribution in [-0.4, -0.2) is 20.0 Å². The molecular weight excluding hydrogens is 240 g/mol. The van der Waals surface area contributed by atoms with Crippen LogP contribution >= 0.6 is 0 Å². The summed E-state index contributed by atoms with van der Waals surface area (Å²) in [5.74, 6) is 0.966. The summed E-state index contributed by atoms with van der Waals surface area (Å²) in [6.07, 6.45) is 1.83. The minimum absolute atomic E-state index is 0.262. The Labute approximate surface area is 111 Å². The Kier molecular flexibility index (Phi) is 3.23. The fourth-order valence-electron chi connectivity index (χ4n) is 1.49. The van der Waals surface area contributed by atoms with Gasteiger partial charge in [0.1, 0.15) is 5.75 Å². The molecule has 4 heteroatoms. The van der Waals surface area contributed by atoms with Gasteiger partial charge in [0.15, 0.2) is 0 Å². The van der Waals surface area contributed by atoms with Gasteiger partial charge in [0, 0.05) is 5.39 Å². The smallest absolute Gasteiger partial charge is 0.225 e. The van der Waals surface area contributed by atoms with Crippen molar-refractivity contribution in [3.63, 3.8) is 0 Å². The first-order chi connectivity index (χ1) is 8.29. The number of H-pyrrole nitrogens is 1. The number of hydrogen-bond acceptors (Lipinski definition) is 2. The van der Waals surface area contributed by atoms with Crippen LogP contribution in [0.4, 0.5) is 0 Å². The number of nitrogens with zero attached hydrogens (tertiary/aromatic N) is 1. The maximum Gasteiger partial charge on any atom is 0.225 e. The molecule has 0 aliphatic rings. The summed E-state index contributed by atoms with van der Waals surface area (Å²) in [6, 6.07) is 6.10. The lowest BCUT2D eigenvalue weighted by Gasteiger charge is -2.37. The third-order valence-electron chi connectivity index (χ3n) is 4.04. The van der Waals surface area contributed by atoms with Crippen LogP contribution in [0.2, 0.25) is 5.04 Å². The predicted molar refractivity (Wildman–Crippen MR) is 78.8 cm³/mol. The Balaban J connectivity index is 2.10. The highest BCUT2D eigenvalue weighted by atomic mass is 28.2. The predicted octanol–water partition coefficient (Wildman–Crippen LogP) is 3.27. The van der Waals surface area contributed by atoms with Gasteiger partial charge < -0.3 is 4.43 Å². The molecule has 0 atom stereocenters. The zero-order chi connectivity index (χ0) is 13.4. The molecule has 0 unspecified atom stereocenters. The summed E-state index contributed by atoms with van der Waals surface area (Å²) in [7, 11) is -0.644. The van der Waals surface area contributed by atoms with E-state index in [4.69, 9.17) is 4.43 Å². The van der Waals surface area contributed by atoms with Crippen LogP contribution in [0.5, 0.6) is 5.75 Å². The Morgan fingerprint density at radius 2 is 1.89 bits per heavy atom. The lowest BCUT2D eigenvalue weighted by atomic mass is 9.82. The van der Waals surface area contributed by atoms with Crippen molar-refractivity contribution >= 4 is 20.7 Å². The third kappa shape index (κ3) is 2.58. The number of fused-ring (bicyclic) bond motifs is 1. The summed E-state index contributed by atoms with van der Waals surface area (Å²) < 4.78 is 6.07. The molecule has 98 valence electrons. The maximum atomic E-state index is 6.07. The molecule has 2 aromatic rings. The van der Waals surface area contributed by atoms with E-state index in [2.05, 4.69) is 50.9 Å². The number of benzene rings is 1. The number of nitrogens with one attached hydrogen (secondary N) is 1. The Bertz CT molecular complexity index is 540. The molecule has 0 radical (unpaired) electrons. The fourth-order valence-corrected chi connectivity index (χ4v) is 2.63. The molecule has 0 saturated heterocycles. The molecular formula is C14H22N2OSi. The van der Waals surface area contributed by atoms with Crippen LogP contribution in [0, 0.1) is 5.41 Å². The molecule has 0 aliphatic heterocycles. The molecule has 0 saturated carbocycles. The highest BCUT2D eigenvalue weighted by Crippen LogP contribution is 2.43. The van der Waals surface area contributed by atoms with Crippen LogP contribution in [0.15, 0.2) is 24.4 Å². The number of hydrogen-bond donors (Lipinski definition) is 1. The van der Waals surface area contributed by atoms with Crippen molar-refractivity contribution in [2.45, 2.75) is 39.7 Å². The van der Waals surface area contributed by atoms with Crippen molar-refractivity contribution in [3.05, 3.63) is 24.4 Å². The van der Waals surface area contributed by atoms with Crippen molar-refractivity contribution in [2.24, 2.45) is 5.41 Å². The number of aromatic amines is 1. The average Bonchev–Trinajstić information content (AvgIpc) is 2.71. The second-order valence-corrected chi connectivity index (χ2v) is 8.89. The van der Waals surface area contributed by atoms with E-state index in [0.717, 1.165) is 16.7 Å². The summed E-state index contributed by atoms with van der Waals surface area (Å²) in [6.45, 7) is 11.4. The molecule has 1 heterocycles. The maximum absolute atomic E-state index is 6.07. The SMILES string of the molecule is CC(C)(C)C(C)(C)[SiH2]Oc1ccc2[nH]ncc2c1. The summed E-state index contributed by atoms with van der Waals surface area (Å²) >= 11 is 0. The van der Waals surface area contributed by atoms with Crippen molar-refractivity contribution in [3.8, 4) is 5.75 Å². The molecule has 0 spiro atoms. The van der Waals surface area contributed by atoms with Crippen LogP contribution < -0.4 is 4.43 Å². The molecule has 0 bridgehead atoms. The highest BCUT2D eigenvalue weighted by Gasteiger charge is 2.34. The average molecular weight is 262 g/mol. The zero-order valence-electron chi connectivity index (χ0n) is 11.9. The van der Waals surface area contributed by atoms with Crippen molar-refractivity contribution < 1.29 is 4.43 Å². The van der Waals surface area contributed by atoms with E-state index in [1.165, 1.54) is 0 Å². The van der Waals surface area contributed by atoms with Gasteiger partial charge in [-0.2, -0.15) is 5.10 Å². The summed E-state index contributed by atoms with van der Waals surface area (Å²) in [5.41, 5.74) is 1.33. The molecule has 18 heavy (non-hydrogen) atoms. The number of rotatable bonds is 3.